The van der Waals surface area contributed by atoms with Crippen molar-refractivity contribution >= 4 is 15.9 Å². The number of benzene rings is 1. The Balaban J connectivity index is 2.89. The number of halogens is 1. The van der Waals surface area contributed by atoms with Crippen LogP contribution in [-0.4, -0.2) is 6.54 Å². The zero-order valence-corrected chi connectivity index (χ0v) is 12.4. The molecule has 1 aromatic carbocycles. The molecule has 0 bridgehead atoms. The molecule has 0 saturated heterocycles. The van der Waals surface area contributed by atoms with Crippen LogP contribution in [0.4, 0.5) is 0 Å². The van der Waals surface area contributed by atoms with E-state index in [-0.39, 0.29) is 0 Å². The van der Waals surface area contributed by atoms with Crippen molar-refractivity contribution < 1.29 is 0 Å². The van der Waals surface area contributed by atoms with Crippen molar-refractivity contribution in [3.63, 3.8) is 0 Å². The fraction of sp³-hybridized carbons (Fsp3) is 0.467. The highest BCUT2D eigenvalue weighted by atomic mass is 79.9. The molecule has 0 aliphatic heterocycles. The van der Waals surface area contributed by atoms with Gasteiger partial charge in [0.2, 0.25) is 0 Å². The van der Waals surface area contributed by atoms with Crippen molar-refractivity contribution in [2.45, 2.75) is 39.7 Å². The fourth-order valence-electron chi connectivity index (χ4n) is 1.84. The summed E-state index contributed by atoms with van der Waals surface area (Å²) in [6, 6.07) is 6.79. The first-order chi connectivity index (χ1) is 8.19. The second-order valence-electron chi connectivity index (χ2n) is 4.14. The van der Waals surface area contributed by atoms with E-state index in [0.29, 0.717) is 6.04 Å². The molecule has 1 aromatic rings. The molecule has 0 aromatic heterocycles. The van der Waals surface area contributed by atoms with Crippen LogP contribution < -0.4 is 5.32 Å². The van der Waals surface area contributed by atoms with E-state index in [9.17, 15) is 0 Å². The van der Waals surface area contributed by atoms with Gasteiger partial charge in [0.25, 0.3) is 0 Å². The van der Waals surface area contributed by atoms with Gasteiger partial charge in [-0.3, -0.25) is 0 Å². The smallest absolute Gasteiger partial charge is 0.0433 e. The molecule has 0 heterocycles. The Morgan fingerprint density at radius 2 is 2.18 bits per heavy atom. The van der Waals surface area contributed by atoms with Crippen molar-refractivity contribution in [3.05, 3.63) is 33.8 Å². The van der Waals surface area contributed by atoms with Crippen molar-refractivity contribution in [2.75, 3.05) is 6.54 Å². The molecule has 0 fully saturated rings. The lowest BCUT2D eigenvalue weighted by atomic mass is 9.99. The molecule has 0 radical (unpaired) electrons. The molecule has 1 rings (SSSR count). The summed E-state index contributed by atoms with van der Waals surface area (Å²) in [4.78, 5) is 0. The minimum Gasteiger partial charge on any atom is -0.309 e. The first-order valence-electron chi connectivity index (χ1n) is 6.08. The molecule has 0 aliphatic carbocycles. The number of rotatable bonds is 5. The Hall–Kier alpha value is -0.780. The number of nitrogens with one attached hydrogen (secondary N) is 1. The van der Waals surface area contributed by atoms with Crippen LogP contribution in [0.1, 0.15) is 43.9 Å². The first-order valence-corrected chi connectivity index (χ1v) is 6.87. The van der Waals surface area contributed by atoms with Gasteiger partial charge < -0.3 is 5.32 Å². The summed E-state index contributed by atoms with van der Waals surface area (Å²) in [6.07, 6.45) is 2.02. The molecule has 0 amide bonds. The largest absolute Gasteiger partial charge is 0.309 e. The lowest BCUT2D eigenvalue weighted by molar-refractivity contribution is 0.540. The van der Waals surface area contributed by atoms with Crippen LogP contribution in [-0.2, 0) is 0 Å². The maximum Gasteiger partial charge on any atom is 0.0433 e. The maximum atomic E-state index is 3.56. The zero-order valence-electron chi connectivity index (χ0n) is 10.8. The summed E-state index contributed by atoms with van der Waals surface area (Å²) in [7, 11) is 0. The minimum absolute atomic E-state index is 0.343. The van der Waals surface area contributed by atoms with Crippen LogP contribution in [0.2, 0.25) is 0 Å². The highest BCUT2D eigenvalue weighted by molar-refractivity contribution is 9.10. The Kier molecular flexibility index (Phi) is 6.32. The second kappa shape index (κ2) is 7.53. The average Bonchev–Trinajstić information content (AvgIpc) is 2.30. The molecule has 17 heavy (non-hydrogen) atoms. The van der Waals surface area contributed by atoms with Gasteiger partial charge in [-0.25, -0.2) is 0 Å². The monoisotopic (exact) mass is 293 g/mol. The van der Waals surface area contributed by atoms with Crippen molar-refractivity contribution in [3.8, 4) is 11.8 Å². The molecule has 1 unspecified atom stereocenters. The van der Waals surface area contributed by atoms with E-state index < -0.39 is 0 Å². The van der Waals surface area contributed by atoms with Crippen molar-refractivity contribution in [1.29, 1.82) is 0 Å². The molecule has 2 heteroatoms. The second-order valence-corrected chi connectivity index (χ2v) is 5.05. The van der Waals surface area contributed by atoms with E-state index in [1.807, 2.05) is 6.92 Å². The van der Waals surface area contributed by atoms with Gasteiger partial charge in [0.15, 0.2) is 0 Å². The molecule has 0 aliphatic rings. The van der Waals surface area contributed by atoms with Crippen LogP contribution in [0.15, 0.2) is 22.7 Å². The van der Waals surface area contributed by atoms with Crippen LogP contribution in [0.25, 0.3) is 0 Å². The van der Waals surface area contributed by atoms with Gasteiger partial charge in [0, 0.05) is 16.9 Å². The minimum atomic E-state index is 0.343. The predicted octanol–water partition coefficient (Wildman–Crippen LogP) is 4.21. The van der Waals surface area contributed by atoms with Crippen LogP contribution in [0, 0.1) is 18.8 Å². The molecular formula is C15H20BrN. The third-order valence-corrected chi connectivity index (χ3v) is 3.22. The van der Waals surface area contributed by atoms with E-state index in [2.05, 4.69) is 65.1 Å². The summed E-state index contributed by atoms with van der Waals surface area (Å²) < 4.78 is 1.13. The van der Waals surface area contributed by atoms with Gasteiger partial charge in [0.1, 0.15) is 0 Å². The van der Waals surface area contributed by atoms with Crippen molar-refractivity contribution in [1.82, 2.24) is 5.32 Å². The average molecular weight is 294 g/mol. The molecular weight excluding hydrogens is 274 g/mol. The van der Waals surface area contributed by atoms with E-state index >= 15 is 0 Å². The zero-order chi connectivity index (χ0) is 12.7. The highest BCUT2D eigenvalue weighted by Gasteiger charge is 2.11. The summed E-state index contributed by atoms with van der Waals surface area (Å²) >= 11 is 3.50. The van der Waals surface area contributed by atoms with E-state index in [1.165, 1.54) is 11.1 Å². The van der Waals surface area contributed by atoms with Gasteiger partial charge >= 0.3 is 0 Å². The summed E-state index contributed by atoms with van der Waals surface area (Å²) in [5.74, 6) is 6.15. The Morgan fingerprint density at radius 3 is 2.76 bits per heavy atom. The topological polar surface area (TPSA) is 12.0 Å². The van der Waals surface area contributed by atoms with E-state index in [0.717, 1.165) is 23.9 Å². The summed E-state index contributed by atoms with van der Waals surface area (Å²) in [6.45, 7) is 7.26. The summed E-state index contributed by atoms with van der Waals surface area (Å²) in [5, 5.41) is 3.56. The molecule has 1 nitrogen and oxygen atoms in total. The Labute approximate surface area is 113 Å². The quantitative estimate of drug-likeness (QED) is 0.802. The SMILES string of the molecule is CC#CCC(NCCC)c1ccc(Br)cc1C. The first kappa shape index (κ1) is 14.3. The molecule has 1 atom stereocenters. The van der Waals surface area contributed by atoms with E-state index in [1.54, 1.807) is 0 Å². The van der Waals surface area contributed by atoms with Crippen molar-refractivity contribution in [2.24, 2.45) is 0 Å². The van der Waals surface area contributed by atoms with Gasteiger partial charge in [-0.1, -0.05) is 28.9 Å². The standard InChI is InChI=1S/C15H20BrN/c1-4-6-7-15(17-10-5-2)14-9-8-13(16)11-12(14)3/h8-9,11,15,17H,5,7,10H2,1-3H3. The van der Waals surface area contributed by atoms with Crippen LogP contribution >= 0.6 is 15.9 Å². The predicted molar refractivity (Wildman–Crippen MR) is 78.0 cm³/mol. The van der Waals surface area contributed by atoms with Crippen LogP contribution in [0.3, 0.4) is 0 Å². The van der Waals surface area contributed by atoms with E-state index in [4.69, 9.17) is 0 Å². The molecule has 1 N–H and O–H groups in total. The van der Waals surface area contributed by atoms with Gasteiger partial charge in [-0.15, -0.1) is 11.8 Å². The number of aryl methyl sites for hydroxylation is 1. The van der Waals surface area contributed by atoms with Gasteiger partial charge in [-0.05, 0) is 50.1 Å². The third-order valence-electron chi connectivity index (χ3n) is 2.73. The van der Waals surface area contributed by atoms with Gasteiger partial charge in [0.05, 0.1) is 0 Å². The lowest BCUT2D eigenvalue weighted by Crippen LogP contribution is -2.22. The maximum absolute atomic E-state index is 3.56. The summed E-state index contributed by atoms with van der Waals surface area (Å²) in [5.41, 5.74) is 2.66. The molecule has 92 valence electrons. The normalized spacial score (nSPS) is 11.8. The Bertz CT molecular complexity index is 415. The molecule has 0 saturated carbocycles. The third kappa shape index (κ3) is 4.53. The lowest BCUT2D eigenvalue weighted by Gasteiger charge is -2.19. The van der Waals surface area contributed by atoms with Gasteiger partial charge in [-0.2, -0.15) is 0 Å². The Morgan fingerprint density at radius 1 is 1.41 bits per heavy atom. The van der Waals surface area contributed by atoms with Crippen LogP contribution in [0.5, 0.6) is 0 Å². The molecule has 0 spiro atoms. The number of hydrogen-bond acceptors (Lipinski definition) is 1. The highest BCUT2D eigenvalue weighted by Crippen LogP contribution is 2.23. The number of hydrogen-bond donors (Lipinski definition) is 1. The fourth-order valence-corrected chi connectivity index (χ4v) is 2.32.